The number of carboxylic acids is 1. The zero-order valence-electron chi connectivity index (χ0n) is 19.4. The summed E-state index contributed by atoms with van der Waals surface area (Å²) in [5.41, 5.74) is 0.683. The Balaban J connectivity index is 1.65. The molecule has 192 valence electrons. The molecule has 0 unspecified atom stereocenters. The second kappa shape index (κ2) is 12.0. The van der Waals surface area contributed by atoms with Gasteiger partial charge in [-0.05, 0) is 19.8 Å². The fourth-order valence-corrected chi connectivity index (χ4v) is 5.10. The van der Waals surface area contributed by atoms with Crippen LogP contribution in [0.5, 0.6) is 0 Å². The monoisotopic (exact) mass is 547 g/mol. The number of H-pyrrole nitrogens is 1. The molecule has 0 radical (unpaired) electrons. The van der Waals surface area contributed by atoms with Gasteiger partial charge in [-0.25, -0.2) is 9.78 Å². The number of hydrogen-bond donors (Lipinski definition) is 4. The summed E-state index contributed by atoms with van der Waals surface area (Å²) in [5, 5.41) is 16.2. The van der Waals surface area contributed by atoms with E-state index in [2.05, 4.69) is 20.6 Å². The van der Waals surface area contributed by atoms with Gasteiger partial charge < -0.3 is 35.1 Å². The van der Waals surface area contributed by atoms with E-state index in [0.29, 0.717) is 41.8 Å². The number of thiazole rings is 1. The Hall–Kier alpha value is -2.38. The number of methoxy groups -OCH3 is 2. The molecule has 2 aromatic heterocycles. The summed E-state index contributed by atoms with van der Waals surface area (Å²) in [6.45, 7) is 3.18. The number of nitrogens with one attached hydrogen (secondary N) is 3. The van der Waals surface area contributed by atoms with E-state index in [-0.39, 0.29) is 46.5 Å². The lowest BCUT2D eigenvalue weighted by molar-refractivity contribution is 0.0688. The maximum absolute atomic E-state index is 12.8. The van der Waals surface area contributed by atoms with Crippen LogP contribution in [0.15, 0.2) is 0 Å². The number of anilines is 1. The summed E-state index contributed by atoms with van der Waals surface area (Å²) in [6, 6.07) is -0.557. The van der Waals surface area contributed by atoms with E-state index in [4.69, 9.17) is 32.7 Å². The molecule has 0 spiro atoms. The number of amides is 2. The third kappa shape index (κ3) is 6.44. The highest BCUT2D eigenvalue weighted by Gasteiger charge is 2.29. The van der Waals surface area contributed by atoms with Crippen molar-refractivity contribution in [3.05, 3.63) is 32.0 Å². The molecule has 0 saturated carbocycles. The number of nitrogens with zero attached hydrogens (tertiary/aromatic N) is 2. The van der Waals surface area contributed by atoms with Crippen LogP contribution >= 0.6 is 34.5 Å². The summed E-state index contributed by atoms with van der Waals surface area (Å²) in [7, 11) is 2.99. The van der Waals surface area contributed by atoms with E-state index in [9.17, 15) is 19.5 Å². The number of piperidine rings is 1. The summed E-state index contributed by atoms with van der Waals surface area (Å²) in [5.74, 6) is -2.18. The molecule has 3 heterocycles. The molecule has 11 nitrogen and oxygen atoms in total. The highest BCUT2D eigenvalue weighted by Crippen LogP contribution is 2.31. The van der Waals surface area contributed by atoms with Crippen molar-refractivity contribution in [2.24, 2.45) is 0 Å². The topological polar surface area (TPSA) is 146 Å². The third-order valence-electron chi connectivity index (χ3n) is 5.48. The molecular weight excluding hydrogens is 521 g/mol. The summed E-state index contributed by atoms with van der Waals surface area (Å²) in [4.78, 5) is 46.1. The van der Waals surface area contributed by atoms with Crippen LogP contribution in [-0.4, -0.2) is 85.5 Å². The molecule has 0 aromatic carbocycles. The highest BCUT2D eigenvalue weighted by atomic mass is 35.5. The Morgan fingerprint density at radius 2 is 1.80 bits per heavy atom. The second-order valence-corrected chi connectivity index (χ2v) is 9.78. The minimum atomic E-state index is -1.23. The van der Waals surface area contributed by atoms with Gasteiger partial charge in [0.2, 0.25) is 0 Å². The zero-order chi connectivity index (χ0) is 25.7. The van der Waals surface area contributed by atoms with Crippen molar-refractivity contribution >= 4 is 57.5 Å². The summed E-state index contributed by atoms with van der Waals surface area (Å²) < 4.78 is 10.1. The smallest absolute Gasteiger partial charge is 0.348 e. The van der Waals surface area contributed by atoms with Crippen molar-refractivity contribution in [3.8, 4) is 0 Å². The number of aromatic amines is 1. The van der Waals surface area contributed by atoms with E-state index in [1.807, 2.05) is 4.90 Å². The standard InChI is InChI=1S/C21H27Cl2N5O6S/c1-10-13(22)14(23)15(24-10)18(29)25-11-4-6-28(7-5-11)21-27-16(17(35-21)20(31)32)19(30)26-12(8-33-2)9-34-3/h11-12,24H,4-9H2,1-3H3,(H,25,29)(H,26,30)(H,31,32). The van der Waals surface area contributed by atoms with Gasteiger partial charge in [-0.15, -0.1) is 0 Å². The number of halogens is 2. The molecule has 1 aliphatic rings. The van der Waals surface area contributed by atoms with Gasteiger partial charge in [0.25, 0.3) is 11.8 Å². The second-order valence-electron chi connectivity index (χ2n) is 8.05. The molecule has 2 aromatic rings. The van der Waals surface area contributed by atoms with Crippen LogP contribution < -0.4 is 15.5 Å². The van der Waals surface area contributed by atoms with Crippen molar-refractivity contribution in [2.45, 2.75) is 31.8 Å². The van der Waals surface area contributed by atoms with Gasteiger partial charge >= 0.3 is 5.97 Å². The molecule has 4 N–H and O–H groups in total. The van der Waals surface area contributed by atoms with Crippen molar-refractivity contribution < 1.29 is 29.0 Å². The quantitative estimate of drug-likeness (QED) is 0.355. The number of ether oxygens (including phenoxy) is 2. The van der Waals surface area contributed by atoms with E-state index < -0.39 is 17.9 Å². The van der Waals surface area contributed by atoms with Crippen LogP contribution in [0.1, 0.15) is 49.2 Å². The number of aryl methyl sites for hydroxylation is 1. The fourth-order valence-electron chi connectivity index (χ4n) is 3.73. The van der Waals surface area contributed by atoms with Gasteiger partial charge in [0.15, 0.2) is 10.8 Å². The van der Waals surface area contributed by atoms with E-state index >= 15 is 0 Å². The summed E-state index contributed by atoms with van der Waals surface area (Å²) >= 11 is 13.1. The largest absolute Gasteiger partial charge is 0.477 e. The first-order valence-corrected chi connectivity index (χ1v) is 12.4. The first kappa shape index (κ1) is 27.2. The average Bonchev–Trinajstić information content (AvgIpc) is 3.38. The number of carbonyl (C=O) groups is 3. The zero-order valence-corrected chi connectivity index (χ0v) is 21.8. The first-order chi connectivity index (χ1) is 16.7. The number of carboxylic acid groups (broad SMARTS) is 1. The van der Waals surface area contributed by atoms with Crippen molar-refractivity contribution in [1.29, 1.82) is 0 Å². The average molecular weight is 548 g/mol. The Labute approximate surface area is 216 Å². The lowest BCUT2D eigenvalue weighted by Gasteiger charge is -2.32. The number of rotatable bonds is 10. The molecule has 14 heteroatoms. The van der Waals surface area contributed by atoms with Crippen molar-refractivity contribution in [1.82, 2.24) is 20.6 Å². The van der Waals surface area contributed by atoms with Gasteiger partial charge in [-0.1, -0.05) is 34.5 Å². The molecule has 0 atom stereocenters. The lowest BCUT2D eigenvalue weighted by Crippen LogP contribution is -2.45. The fraction of sp³-hybridized carbons (Fsp3) is 0.524. The minimum Gasteiger partial charge on any atom is -0.477 e. The third-order valence-corrected chi connectivity index (χ3v) is 7.53. The highest BCUT2D eigenvalue weighted by molar-refractivity contribution is 7.17. The normalized spacial score (nSPS) is 14.4. The van der Waals surface area contributed by atoms with E-state index in [1.165, 1.54) is 14.2 Å². The van der Waals surface area contributed by atoms with Crippen molar-refractivity contribution in [2.75, 3.05) is 45.4 Å². The van der Waals surface area contributed by atoms with E-state index in [0.717, 1.165) is 11.3 Å². The summed E-state index contributed by atoms with van der Waals surface area (Å²) in [6.07, 6.45) is 1.20. The molecule has 0 bridgehead atoms. The molecule has 1 aliphatic heterocycles. The predicted molar refractivity (Wildman–Crippen MR) is 132 cm³/mol. The number of hydrogen-bond acceptors (Lipinski definition) is 8. The van der Waals surface area contributed by atoms with Crippen LogP contribution in [0.3, 0.4) is 0 Å². The van der Waals surface area contributed by atoms with Crippen LogP contribution in [0.25, 0.3) is 0 Å². The van der Waals surface area contributed by atoms with Crippen molar-refractivity contribution in [3.63, 3.8) is 0 Å². The maximum atomic E-state index is 12.8. The molecule has 2 amide bonds. The molecule has 1 fully saturated rings. The van der Waals surface area contributed by atoms with Gasteiger partial charge in [-0.2, -0.15) is 0 Å². The van der Waals surface area contributed by atoms with Crippen LogP contribution in [-0.2, 0) is 9.47 Å². The van der Waals surface area contributed by atoms with Crippen LogP contribution in [0.2, 0.25) is 10.0 Å². The lowest BCUT2D eigenvalue weighted by atomic mass is 10.1. The van der Waals surface area contributed by atoms with Gasteiger partial charge in [0.05, 0.1) is 29.3 Å². The number of aromatic carboxylic acids is 1. The Kier molecular flexibility index (Phi) is 9.36. The van der Waals surface area contributed by atoms with Crippen LogP contribution in [0, 0.1) is 6.92 Å². The predicted octanol–water partition coefficient (Wildman–Crippen LogP) is 2.57. The Morgan fingerprint density at radius 1 is 1.17 bits per heavy atom. The number of carbonyl (C=O) groups excluding carboxylic acids is 2. The molecular formula is C21H27Cl2N5O6S. The minimum absolute atomic E-state index is 0.109. The SMILES string of the molecule is COCC(COC)NC(=O)c1nc(N2CCC(NC(=O)c3[nH]c(C)c(Cl)c3Cl)CC2)sc1C(=O)O. The van der Waals surface area contributed by atoms with E-state index in [1.54, 1.807) is 6.92 Å². The molecule has 35 heavy (non-hydrogen) atoms. The van der Waals surface area contributed by atoms with Gasteiger partial charge in [0.1, 0.15) is 10.6 Å². The maximum Gasteiger partial charge on any atom is 0.348 e. The van der Waals surface area contributed by atoms with Gasteiger partial charge in [0, 0.05) is 39.0 Å². The Morgan fingerprint density at radius 3 is 2.31 bits per heavy atom. The van der Waals surface area contributed by atoms with Crippen LogP contribution in [0.4, 0.5) is 5.13 Å². The Bertz CT molecular complexity index is 1080. The van der Waals surface area contributed by atoms with Gasteiger partial charge in [-0.3, -0.25) is 9.59 Å². The molecule has 3 rings (SSSR count). The number of aromatic nitrogens is 2. The molecule has 1 saturated heterocycles. The molecule has 0 aliphatic carbocycles. The first-order valence-electron chi connectivity index (χ1n) is 10.8.